The number of cyclic esters (lactones) is 1. The van der Waals surface area contributed by atoms with E-state index < -0.39 is 12.1 Å². The molecule has 3 heteroatoms. The summed E-state index contributed by atoms with van der Waals surface area (Å²) in [7, 11) is 0. The zero-order valence-electron chi connectivity index (χ0n) is 5.03. The van der Waals surface area contributed by atoms with E-state index in [-0.39, 0.29) is 5.57 Å². The Morgan fingerprint density at radius 3 is 2.80 bits per heavy atom. The first kappa shape index (κ1) is 6.56. The molecule has 1 heterocycles. The number of aldehydes is 1. The minimum absolute atomic E-state index is 0.00273. The molecule has 10 heavy (non-hydrogen) atoms. The van der Waals surface area contributed by atoms with E-state index in [1.54, 1.807) is 0 Å². The number of esters is 1. The van der Waals surface area contributed by atoms with Gasteiger partial charge in [-0.1, -0.05) is 5.92 Å². The van der Waals surface area contributed by atoms with E-state index in [0.717, 1.165) is 0 Å². The Morgan fingerprint density at radius 1 is 1.80 bits per heavy atom. The van der Waals surface area contributed by atoms with Gasteiger partial charge < -0.3 is 4.74 Å². The predicted octanol–water partition coefficient (Wildman–Crippen LogP) is -0.330. The Kier molecular flexibility index (Phi) is 1.55. The fourth-order valence-electron chi connectivity index (χ4n) is 0.618. The number of ether oxygens (including phenoxy) is 1. The highest BCUT2D eigenvalue weighted by molar-refractivity contribution is 6.09. The molecular weight excluding hydrogens is 132 g/mol. The molecule has 0 aliphatic carbocycles. The first-order chi connectivity index (χ1) is 4.77. The first-order valence-corrected chi connectivity index (χ1v) is 2.62. The monoisotopic (exact) mass is 136 g/mol. The van der Waals surface area contributed by atoms with Crippen LogP contribution in [-0.2, 0) is 14.3 Å². The van der Waals surface area contributed by atoms with Crippen LogP contribution in [0.25, 0.3) is 0 Å². The molecule has 0 spiro atoms. The van der Waals surface area contributed by atoms with Crippen molar-refractivity contribution in [3.8, 4) is 12.3 Å². The van der Waals surface area contributed by atoms with Gasteiger partial charge in [-0.15, -0.1) is 6.42 Å². The van der Waals surface area contributed by atoms with Crippen molar-refractivity contribution in [3.63, 3.8) is 0 Å². The van der Waals surface area contributed by atoms with Crippen molar-refractivity contribution in [2.75, 3.05) is 0 Å². The van der Waals surface area contributed by atoms with Crippen LogP contribution in [0.1, 0.15) is 0 Å². The Hall–Kier alpha value is -1.56. The minimum Gasteiger partial charge on any atom is -0.441 e. The van der Waals surface area contributed by atoms with Gasteiger partial charge in [0.1, 0.15) is 5.57 Å². The number of hydrogen-bond donors (Lipinski definition) is 0. The summed E-state index contributed by atoms with van der Waals surface area (Å²) in [4.78, 5) is 20.6. The molecule has 0 saturated heterocycles. The van der Waals surface area contributed by atoms with Gasteiger partial charge in [-0.3, -0.25) is 4.79 Å². The summed E-state index contributed by atoms with van der Waals surface area (Å²) in [5.41, 5.74) is 0.00273. The van der Waals surface area contributed by atoms with E-state index in [1.165, 1.54) is 6.08 Å². The molecule has 0 aromatic carbocycles. The maximum Gasteiger partial charge on any atom is 0.342 e. The van der Waals surface area contributed by atoms with Crippen LogP contribution in [0.4, 0.5) is 0 Å². The molecule has 0 fully saturated rings. The Labute approximate surface area is 57.7 Å². The van der Waals surface area contributed by atoms with Crippen molar-refractivity contribution in [2.45, 2.75) is 6.10 Å². The molecule has 0 saturated carbocycles. The van der Waals surface area contributed by atoms with Crippen molar-refractivity contribution >= 4 is 12.3 Å². The molecule has 0 radical (unpaired) electrons. The molecule has 1 unspecified atom stereocenters. The summed E-state index contributed by atoms with van der Waals surface area (Å²) < 4.78 is 4.52. The standard InChI is InChI=1S/C7H4O3/c1-2-6-3-5(4-8)7(9)10-6/h1,3-4,6H. The maximum atomic E-state index is 10.6. The summed E-state index contributed by atoms with van der Waals surface area (Å²) in [5, 5.41) is 0. The molecule has 50 valence electrons. The van der Waals surface area contributed by atoms with Crippen LogP contribution in [-0.4, -0.2) is 18.4 Å². The van der Waals surface area contributed by atoms with E-state index in [9.17, 15) is 9.59 Å². The number of rotatable bonds is 1. The van der Waals surface area contributed by atoms with Gasteiger partial charge in [0, 0.05) is 0 Å². The van der Waals surface area contributed by atoms with Crippen molar-refractivity contribution in [2.24, 2.45) is 0 Å². The third-order valence-electron chi connectivity index (χ3n) is 1.09. The third kappa shape index (κ3) is 0.914. The number of carbonyl (C=O) groups excluding carboxylic acids is 2. The highest BCUT2D eigenvalue weighted by Crippen LogP contribution is 2.09. The van der Waals surface area contributed by atoms with Gasteiger partial charge in [0.15, 0.2) is 12.4 Å². The summed E-state index contributed by atoms with van der Waals surface area (Å²) in [5.74, 6) is 1.54. The molecular formula is C7H4O3. The van der Waals surface area contributed by atoms with Gasteiger partial charge in [-0.05, 0) is 6.08 Å². The van der Waals surface area contributed by atoms with Gasteiger partial charge in [0.05, 0.1) is 0 Å². The van der Waals surface area contributed by atoms with Crippen LogP contribution in [0.3, 0.4) is 0 Å². The van der Waals surface area contributed by atoms with Gasteiger partial charge >= 0.3 is 5.97 Å². The predicted molar refractivity (Wildman–Crippen MR) is 32.9 cm³/mol. The maximum absolute atomic E-state index is 10.6. The Morgan fingerprint density at radius 2 is 2.50 bits per heavy atom. The van der Waals surface area contributed by atoms with Gasteiger partial charge in [0.2, 0.25) is 0 Å². The average Bonchev–Trinajstić information content (AvgIpc) is 2.30. The summed E-state index contributed by atoms with van der Waals surface area (Å²) in [6.07, 6.45) is 6.01. The van der Waals surface area contributed by atoms with Gasteiger partial charge in [-0.25, -0.2) is 4.79 Å². The normalized spacial score (nSPS) is 22.9. The summed E-state index contributed by atoms with van der Waals surface area (Å²) in [6, 6.07) is 0. The first-order valence-electron chi connectivity index (χ1n) is 2.62. The SMILES string of the molecule is C#CC1C=C(C=O)C(=O)O1. The Bertz CT molecular complexity index is 244. The summed E-state index contributed by atoms with van der Waals surface area (Å²) >= 11 is 0. The lowest BCUT2D eigenvalue weighted by molar-refractivity contribution is -0.138. The largest absolute Gasteiger partial charge is 0.441 e. The molecule has 1 atom stereocenters. The molecule has 0 bridgehead atoms. The molecule has 1 aliphatic rings. The lowest BCUT2D eigenvalue weighted by Gasteiger charge is -1.95. The van der Waals surface area contributed by atoms with E-state index in [4.69, 9.17) is 6.42 Å². The second-order valence-corrected chi connectivity index (χ2v) is 1.73. The topological polar surface area (TPSA) is 43.4 Å². The van der Waals surface area contributed by atoms with Crippen molar-refractivity contribution in [1.29, 1.82) is 0 Å². The highest BCUT2D eigenvalue weighted by Gasteiger charge is 2.22. The lowest BCUT2D eigenvalue weighted by Crippen LogP contribution is -2.05. The smallest absolute Gasteiger partial charge is 0.342 e. The molecule has 0 amide bonds. The van der Waals surface area contributed by atoms with Crippen LogP contribution in [0.15, 0.2) is 11.6 Å². The molecule has 0 aromatic heterocycles. The number of hydrogen-bond acceptors (Lipinski definition) is 3. The second-order valence-electron chi connectivity index (χ2n) is 1.73. The van der Waals surface area contributed by atoms with Crippen LogP contribution in [0.2, 0.25) is 0 Å². The quantitative estimate of drug-likeness (QED) is 0.214. The van der Waals surface area contributed by atoms with E-state index in [2.05, 4.69) is 10.7 Å². The lowest BCUT2D eigenvalue weighted by atomic mass is 10.2. The number of carbonyl (C=O) groups is 2. The van der Waals surface area contributed by atoms with E-state index in [1.807, 2.05) is 0 Å². The molecule has 1 rings (SSSR count). The van der Waals surface area contributed by atoms with Crippen molar-refractivity contribution < 1.29 is 14.3 Å². The van der Waals surface area contributed by atoms with Crippen LogP contribution < -0.4 is 0 Å². The average molecular weight is 136 g/mol. The van der Waals surface area contributed by atoms with Crippen molar-refractivity contribution in [1.82, 2.24) is 0 Å². The van der Waals surface area contributed by atoms with E-state index >= 15 is 0 Å². The van der Waals surface area contributed by atoms with Crippen LogP contribution in [0.5, 0.6) is 0 Å². The van der Waals surface area contributed by atoms with Gasteiger partial charge in [-0.2, -0.15) is 0 Å². The summed E-state index contributed by atoms with van der Waals surface area (Å²) in [6.45, 7) is 0. The molecule has 1 aliphatic heterocycles. The fraction of sp³-hybridized carbons (Fsp3) is 0.143. The van der Waals surface area contributed by atoms with Crippen LogP contribution in [0, 0.1) is 12.3 Å². The fourth-order valence-corrected chi connectivity index (χ4v) is 0.618. The number of terminal acetylenes is 1. The minimum atomic E-state index is -0.660. The zero-order chi connectivity index (χ0) is 7.56. The Balaban J connectivity index is 2.84. The third-order valence-corrected chi connectivity index (χ3v) is 1.09. The van der Waals surface area contributed by atoms with E-state index in [0.29, 0.717) is 6.29 Å². The molecule has 0 N–H and O–H groups in total. The molecule has 0 aromatic rings. The van der Waals surface area contributed by atoms with Gasteiger partial charge in [0.25, 0.3) is 0 Å². The highest BCUT2D eigenvalue weighted by atomic mass is 16.5. The van der Waals surface area contributed by atoms with Crippen LogP contribution >= 0.6 is 0 Å². The van der Waals surface area contributed by atoms with Crippen molar-refractivity contribution in [3.05, 3.63) is 11.6 Å². The zero-order valence-corrected chi connectivity index (χ0v) is 5.03. The second kappa shape index (κ2) is 2.36. The molecule has 3 nitrogen and oxygen atoms in total.